The fourth-order valence-electron chi connectivity index (χ4n) is 14.9. The quantitative estimate of drug-likeness (QED) is 0.0327. The predicted octanol–water partition coefficient (Wildman–Crippen LogP) is 23.1. The summed E-state index contributed by atoms with van der Waals surface area (Å²) in [6.07, 6.45) is 10.6. The third-order valence-corrected chi connectivity index (χ3v) is 27.4. The average molecular weight is 2020 g/mol. The molecule has 16 rings (SSSR count). The van der Waals surface area contributed by atoms with Crippen LogP contribution >= 0.6 is 0 Å². The van der Waals surface area contributed by atoms with E-state index in [2.05, 4.69) is 93.1 Å². The zero-order chi connectivity index (χ0) is 101. The van der Waals surface area contributed by atoms with Crippen molar-refractivity contribution in [3.63, 3.8) is 0 Å². The number of alkyl halides is 6. The first-order valence-corrected chi connectivity index (χ1v) is 51.0. The van der Waals surface area contributed by atoms with Crippen LogP contribution in [0.3, 0.4) is 0 Å². The van der Waals surface area contributed by atoms with Crippen LogP contribution in [0.4, 0.5) is 35.1 Å². The van der Waals surface area contributed by atoms with Crippen molar-refractivity contribution in [2.75, 3.05) is 6.61 Å². The van der Waals surface area contributed by atoms with Crippen LogP contribution in [0.15, 0.2) is 307 Å². The Morgan fingerprint density at radius 2 is 0.692 bits per heavy atom. The van der Waals surface area contributed by atoms with Crippen LogP contribution in [0.5, 0.6) is 0 Å². The molecule has 0 atom stereocenters. The molecule has 0 bridgehead atoms. The number of fused-ring (bicyclic) bond motifs is 1. The van der Waals surface area contributed by atoms with Gasteiger partial charge in [0.05, 0.1) is 132 Å². The number of ether oxygens (including phenoxy) is 1. The Balaban J connectivity index is 0.000000183. The Hall–Kier alpha value is -14.0. The van der Waals surface area contributed by atoms with Crippen LogP contribution in [0.1, 0.15) is 180 Å². The molecule has 11 aromatic carbocycles. The van der Waals surface area contributed by atoms with Crippen molar-refractivity contribution in [2.24, 2.45) is 11.8 Å². The zero-order valence-corrected chi connectivity index (χ0v) is 81.4. The molecule has 0 saturated carbocycles. The number of hydrogen-bond donors (Lipinski definition) is 0. The van der Waals surface area contributed by atoms with Gasteiger partial charge in [0.25, 0.3) is 0 Å². The van der Waals surface area contributed by atoms with Crippen LogP contribution in [-0.2, 0) is 131 Å². The molecule has 35 heteroatoms. The van der Waals surface area contributed by atoms with Crippen molar-refractivity contribution in [1.82, 2.24) is 75.0 Å². The summed E-state index contributed by atoms with van der Waals surface area (Å²) in [5.41, 5.74) is 8.94. The SMILES string of the molecule is C.C.CC(C)CCc1cn(-c2ccc(CC(=O)Cc3cccc(F)c3)cc2)nn1.CC(C)CCc1cn(-c2ccc(CC(=O)Cc3ccccc3F)cc2)nn1.CCCCc1cn(-c2cccc(S(=O)(=O)Cc3cccc4ccccc34)c2)nn1.CCCCc1cn(-c2cccc(S(=O)(=O)Cc3ccccc3C(F)(F)F)c2)nn1.CCOCc1cn(-c2cccc(S(=O)(=O)Cc3ccccc3C(F)(F)F)c2)nn1. The van der Waals surface area contributed by atoms with Crippen LogP contribution in [0, 0.1) is 23.5 Å². The van der Waals surface area contributed by atoms with Gasteiger partial charge in [-0.15, -0.1) is 25.5 Å². The van der Waals surface area contributed by atoms with Gasteiger partial charge >= 0.3 is 12.4 Å². The van der Waals surface area contributed by atoms with E-state index < -0.39 is 64.5 Å². The number of hydrogen-bond acceptors (Lipinski definition) is 19. The monoisotopic (exact) mass is 2020 g/mol. The second kappa shape index (κ2) is 52.1. The van der Waals surface area contributed by atoms with E-state index in [1.807, 2.05) is 123 Å². The molecule has 752 valence electrons. The van der Waals surface area contributed by atoms with Crippen molar-refractivity contribution < 1.29 is 74.7 Å². The number of Topliss-reactive ketones (excluding diaryl/α,β-unsaturated/α-hetero) is 2. The molecule has 0 aliphatic carbocycles. The number of nitrogens with zero attached hydrogens (tertiary/aromatic N) is 15. The fraction of sp³-hybridized carbons (Fsp3) is 0.296. The van der Waals surface area contributed by atoms with Gasteiger partial charge in [-0.2, -0.15) is 26.3 Å². The molecule has 143 heavy (non-hydrogen) atoms. The van der Waals surface area contributed by atoms with Gasteiger partial charge in [0.15, 0.2) is 29.5 Å². The van der Waals surface area contributed by atoms with Gasteiger partial charge < -0.3 is 4.74 Å². The molecule has 24 nitrogen and oxygen atoms in total. The minimum atomic E-state index is -4.63. The summed E-state index contributed by atoms with van der Waals surface area (Å²) >= 11 is 0. The normalized spacial score (nSPS) is 11.6. The van der Waals surface area contributed by atoms with Gasteiger partial charge in [-0.3, -0.25) is 9.59 Å². The number of aromatic nitrogens is 15. The molecule has 0 aliphatic heterocycles. The highest BCUT2D eigenvalue weighted by molar-refractivity contribution is 7.91. The second-order valence-electron chi connectivity index (χ2n) is 34.5. The number of rotatable bonds is 37. The first-order valence-electron chi connectivity index (χ1n) is 46.1. The third-order valence-electron chi connectivity index (χ3n) is 22.4. The lowest BCUT2D eigenvalue weighted by atomic mass is 10.0. The number of carbonyl (C=O) groups excluding carboxylic acids is 2. The Morgan fingerprint density at radius 1 is 0.350 bits per heavy atom. The number of halogens is 8. The fourth-order valence-corrected chi connectivity index (χ4v) is 19.1. The van der Waals surface area contributed by atoms with Gasteiger partial charge in [0.1, 0.15) is 28.9 Å². The summed E-state index contributed by atoms with van der Waals surface area (Å²) in [5, 5.41) is 43.1. The van der Waals surface area contributed by atoms with E-state index in [0.29, 0.717) is 58.7 Å². The molecule has 0 aliphatic rings. The maximum atomic E-state index is 13.7. The summed E-state index contributed by atoms with van der Waals surface area (Å²) in [7, 11) is -11.5. The summed E-state index contributed by atoms with van der Waals surface area (Å²) in [6, 6.07) is 69.6. The molecular weight excluding hydrogens is 1900 g/mol. The Labute approximate surface area is 829 Å². The molecule has 16 aromatic rings. The van der Waals surface area contributed by atoms with Crippen LogP contribution in [-0.4, -0.2) is 118 Å². The van der Waals surface area contributed by atoms with Gasteiger partial charge in [0, 0.05) is 32.3 Å². The zero-order valence-electron chi connectivity index (χ0n) is 78.9. The highest BCUT2D eigenvalue weighted by Gasteiger charge is 2.36. The van der Waals surface area contributed by atoms with Crippen molar-refractivity contribution in [1.29, 1.82) is 0 Å². The highest BCUT2D eigenvalue weighted by Crippen LogP contribution is 2.37. The summed E-state index contributed by atoms with van der Waals surface area (Å²) in [5.74, 6) is -0.877. The Bertz CT molecular complexity index is 7030. The minimum Gasteiger partial charge on any atom is -0.375 e. The van der Waals surface area contributed by atoms with Crippen LogP contribution in [0.2, 0.25) is 0 Å². The Kier molecular flexibility index (Phi) is 40.4. The summed E-state index contributed by atoms with van der Waals surface area (Å²) in [4.78, 5) is 24.6. The number of carbonyl (C=O) groups is 2. The number of benzene rings is 11. The number of aryl methyl sites for hydroxylation is 4. The van der Waals surface area contributed by atoms with E-state index in [-0.39, 0.29) is 95.5 Å². The van der Waals surface area contributed by atoms with Gasteiger partial charge in [0.2, 0.25) is 0 Å². The third kappa shape index (κ3) is 33.0. The molecule has 0 saturated heterocycles. The van der Waals surface area contributed by atoms with E-state index in [4.69, 9.17) is 4.74 Å². The van der Waals surface area contributed by atoms with E-state index in [1.165, 1.54) is 100 Å². The van der Waals surface area contributed by atoms with Crippen molar-refractivity contribution in [2.45, 2.75) is 204 Å². The standard InChI is InChI=1S/C23H23N3O2S.2C22H24FN3O.C20H20F3N3O2S.C19H18F3N3O3S.2CH4/c1-2-3-11-20-16-26(25-24-20)21-12-7-13-22(15-21)29(27,28)17-19-10-6-9-18-8-4-5-14-23(18)19;1-16(2)6-9-20-15-26(25-24-20)21-10-7-17(8-11-21)13-22(27)14-18-4-3-5-19(23)12-18;1-16(2)7-10-19-15-26(25-24-19)20-11-8-17(9-12-20)13-21(27)14-18-5-3-4-6-22(18)23;1-2-3-8-16-13-26(25-24-16)17-9-6-10-18(12-17)29(27,28)14-15-7-4-5-11-19(15)20(21,22)23;1-2-28-12-15-11-25(24-23-15)16-7-5-8-17(10-16)29(26,27)13-14-6-3-4-9-18(14)19(20,21)22;;/h4-10,12-16H,2-3,11,17H2,1H3;3-5,7-8,10-12,15-16H,6,9,13-14H2,1-2H3;3-6,8-9,11-12,15-16H,7,10,13-14H2,1-2H3;4-7,9-13H,2-3,8,14H2,1H3;3-11H,2,12-13H2,1H3;2*1H4. The number of unbranched alkanes of at least 4 members (excludes halogenated alkanes) is 2. The first-order chi connectivity index (χ1) is 67.5. The van der Waals surface area contributed by atoms with Crippen LogP contribution in [0.25, 0.3) is 39.2 Å². The lowest BCUT2D eigenvalue weighted by molar-refractivity contribution is -0.138. The van der Waals surface area contributed by atoms with Crippen molar-refractivity contribution in [3.05, 3.63) is 382 Å². The van der Waals surface area contributed by atoms with Gasteiger partial charge in [-0.05, 0) is 229 Å². The lowest BCUT2D eigenvalue weighted by Gasteiger charge is -2.13. The predicted molar refractivity (Wildman–Crippen MR) is 536 cm³/mol. The smallest absolute Gasteiger partial charge is 0.375 e. The Morgan fingerprint density at radius 3 is 1.10 bits per heavy atom. The largest absolute Gasteiger partial charge is 0.416 e. The molecule has 0 spiro atoms. The molecule has 0 unspecified atom stereocenters. The van der Waals surface area contributed by atoms with E-state index >= 15 is 0 Å². The van der Waals surface area contributed by atoms with Gasteiger partial charge in [-0.1, -0.05) is 247 Å². The van der Waals surface area contributed by atoms with Crippen molar-refractivity contribution >= 4 is 51.9 Å². The summed E-state index contributed by atoms with van der Waals surface area (Å²) in [6.45, 7) is 15.6. The molecule has 0 radical (unpaired) electrons. The summed E-state index contributed by atoms with van der Waals surface area (Å²) < 4.78 is 197. The van der Waals surface area contributed by atoms with Crippen molar-refractivity contribution in [3.8, 4) is 28.4 Å². The molecule has 0 N–H and O–H groups in total. The second-order valence-corrected chi connectivity index (χ2v) is 40.5. The molecule has 5 heterocycles. The molecule has 5 aromatic heterocycles. The minimum absolute atomic E-state index is 0. The number of sulfone groups is 3. The van der Waals surface area contributed by atoms with E-state index in [1.54, 1.807) is 87.1 Å². The number of ketones is 2. The van der Waals surface area contributed by atoms with Gasteiger partial charge in [-0.25, -0.2) is 57.4 Å². The van der Waals surface area contributed by atoms with E-state index in [9.17, 15) is 70.0 Å². The highest BCUT2D eigenvalue weighted by atomic mass is 32.2. The maximum absolute atomic E-state index is 13.7. The molecule has 0 amide bonds. The topological polar surface area (TPSA) is 299 Å². The molecular formula is C108H117F8N15O9S3. The first kappa shape index (κ1) is 111. The van der Waals surface area contributed by atoms with E-state index in [0.717, 1.165) is 138 Å². The van der Waals surface area contributed by atoms with Crippen LogP contribution < -0.4 is 0 Å². The maximum Gasteiger partial charge on any atom is 0.416 e. The lowest BCUT2D eigenvalue weighted by Crippen LogP contribution is -2.13. The molecule has 0 fully saturated rings. The average Bonchev–Trinajstić information content (AvgIpc) is 1.75.